The molecule has 0 aromatic rings. The van der Waals surface area contributed by atoms with E-state index in [1.807, 2.05) is 0 Å². The lowest BCUT2D eigenvalue weighted by Crippen LogP contribution is -2.44. The zero-order valence-electron chi connectivity index (χ0n) is 12.3. The third-order valence-electron chi connectivity index (χ3n) is 3.94. The van der Waals surface area contributed by atoms with Crippen molar-refractivity contribution < 1.29 is 9.53 Å². The van der Waals surface area contributed by atoms with Crippen molar-refractivity contribution in [1.82, 2.24) is 0 Å². The SMILES string of the molecule is C=C1[C@H](C(C)(C)O[Si](C)(C)C)CC[C@@]1(C)CO. The van der Waals surface area contributed by atoms with Crippen LogP contribution in [0.4, 0.5) is 0 Å². The lowest BCUT2D eigenvalue weighted by Gasteiger charge is -2.39. The largest absolute Gasteiger partial charge is 0.412 e. The van der Waals surface area contributed by atoms with Crippen molar-refractivity contribution in [3.05, 3.63) is 12.2 Å². The molecule has 1 N–H and O–H groups in total. The maximum absolute atomic E-state index is 9.52. The summed E-state index contributed by atoms with van der Waals surface area (Å²) in [6.07, 6.45) is 2.10. The normalized spacial score (nSPS) is 31.0. The summed E-state index contributed by atoms with van der Waals surface area (Å²) in [6.45, 7) is 17.5. The van der Waals surface area contributed by atoms with Gasteiger partial charge in [-0.1, -0.05) is 19.1 Å². The molecule has 17 heavy (non-hydrogen) atoms. The smallest absolute Gasteiger partial charge is 0.184 e. The van der Waals surface area contributed by atoms with Gasteiger partial charge in [-0.25, -0.2) is 0 Å². The summed E-state index contributed by atoms with van der Waals surface area (Å²) >= 11 is 0. The highest BCUT2D eigenvalue weighted by molar-refractivity contribution is 6.69. The van der Waals surface area contributed by atoms with Crippen LogP contribution in [0.25, 0.3) is 0 Å². The summed E-state index contributed by atoms with van der Waals surface area (Å²) < 4.78 is 6.31. The van der Waals surface area contributed by atoms with Gasteiger partial charge in [0.15, 0.2) is 8.32 Å². The Kier molecular flexibility index (Phi) is 3.97. The first-order valence-electron chi connectivity index (χ1n) is 6.52. The van der Waals surface area contributed by atoms with Gasteiger partial charge in [-0.3, -0.25) is 0 Å². The molecule has 100 valence electrons. The molecule has 0 aromatic heterocycles. The van der Waals surface area contributed by atoms with Gasteiger partial charge in [0.25, 0.3) is 0 Å². The van der Waals surface area contributed by atoms with Crippen molar-refractivity contribution in [3.8, 4) is 0 Å². The van der Waals surface area contributed by atoms with Gasteiger partial charge in [0.05, 0.1) is 12.2 Å². The highest BCUT2D eigenvalue weighted by atomic mass is 28.4. The van der Waals surface area contributed by atoms with E-state index in [0.717, 1.165) is 12.8 Å². The first kappa shape index (κ1) is 14.9. The number of aliphatic hydroxyl groups excluding tert-OH is 1. The maximum Gasteiger partial charge on any atom is 0.184 e. The summed E-state index contributed by atoms with van der Waals surface area (Å²) in [5, 5.41) is 9.52. The fraction of sp³-hybridized carbons (Fsp3) is 0.857. The Bertz CT molecular complexity index is 304. The van der Waals surface area contributed by atoms with Crippen LogP contribution in [0.1, 0.15) is 33.6 Å². The summed E-state index contributed by atoms with van der Waals surface area (Å²) in [6, 6.07) is 0. The van der Waals surface area contributed by atoms with Crippen molar-refractivity contribution in [3.63, 3.8) is 0 Å². The second kappa shape index (κ2) is 4.52. The average Bonchev–Trinajstić information content (AvgIpc) is 2.41. The minimum Gasteiger partial charge on any atom is -0.412 e. The lowest BCUT2D eigenvalue weighted by atomic mass is 9.79. The van der Waals surface area contributed by atoms with Crippen molar-refractivity contribution in [2.24, 2.45) is 11.3 Å². The van der Waals surface area contributed by atoms with E-state index >= 15 is 0 Å². The fourth-order valence-electron chi connectivity index (χ4n) is 3.03. The molecule has 1 rings (SSSR count). The monoisotopic (exact) mass is 256 g/mol. The molecule has 0 radical (unpaired) electrons. The van der Waals surface area contributed by atoms with E-state index in [-0.39, 0.29) is 17.6 Å². The molecular formula is C14H28O2Si. The Labute approximate surface area is 107 Å². The quantitative estimate of drug-likeness (QED) is 0.615. The van der Waals surface area contributed by atoms with E-state index in [2.05, 4.69) is 47.0 Å². The molecule has 0 unspecified atom stereocenters. The maximum atomic E-state index is 9.52. The minimum absolute atomic E-state index is 0.106. The molecule has 1 saturated carbocycles. The molecule has 2 nitrogen and oxygen atoms in total. The molecule has 1 aliphatic carbocycles. The van der Waals surface area contributed by atoms with Crippen LogP contribution in [0.15, 0.2) is 12.2 Å². The van der Waals surface area contributed by atoms with Crippen LogP contribution in [0.5, 0.6) is 0 Å². The van der Waals surface area contributed by atoms with Gasteiger partial charge in [0.1, 0.15) is 0 Å². The van der Waals surface area contributed by atoms with Crippen LogP contribution in [0.2, 0.25) is 19.6 Å². The van der Waals surface area contributed by atoms with Gasteiger partial charge >= 0.3 is 0 Å². The molecule has 0 aromatic carbocycles. The number of hydrogen-bond acceptors (Lipinski definition) is 2. The van der Waals surface area contributed by atoms with E-state index in [0.29, 0.717) is 5.92 Å². The van der Waals surface area contributed by atoms with Crippen LogP contribution < -0.4 is 0 Å². The zero-order chi connectivity index (χ0) is 13.5. The third kappa shape index (κ3) is 3.21. The first-order valence-corrected chi connectivity index (χ1v) is 9.93. The van der Waals surface area contributed by atoms with Crippen molar-refractivity contribution in [1.29, 1.82) is 0 Å². The highest BCUT2D eigenvalue weighted by Gasteiger charge is 2.46. The Morgan fingerprint density at radius 2 is 2.00 bits per heavy atom. The van der Waals surface area contributed by atoms with Gasteiger partial charge in [0.2, 0.25) is 0 Å². The predicted molar refractivity (Wildman–Crippen MR) is 75.6 cm³/mol. The van der Waals surface area contributed by atoms with Gasteiger partial charge in [-0.15, -0.1) is 0 Å². The molecule has 0 bridgehead atoms. The minimum atomic E-state index is -1.55. The van der Waals surface area contributed by atoms with E-state index in [9.17, 15) is 5.11 Å². The molecular weight excluding hydrogens is 228 g/mol. The van der Waals surface area contributed by atoms with E-state index in [1.165, 1.54) is 5.57 Å². The van der Waals surface area contributed by atoms with Crippen molar-refractivity contribution in [2.45, 2.75) is 58.9 Å². The summed E-state index contributed by atoms with van der Waals surface area (Å²) in [7, 11) is -1.55. The van der Waals surface area contributed by atoms with E-state index in [4.69, 9.17) is 4.43 Å². The zero-order valence-corrected chi connectivity index (χ0v) is 13.3. The van der Waals surface area contributed by atoms with Crippen molar-refractivity contribution >= 4 is 8.32 Å². The van der Waals surface area contributed by atoms with Gasteiger partial charge in [-0.05, 0) is 46.3 Å². The molecule has 0 amide bonds. The number of aliphatic hydroxyl groups is 1. The Morgan fingerprint density at radius 1 is 1.47 bits per heavy atom. The highest BCUT2D eigenvalue weighted by Crippen LogP contribution is 2.50. The van der Waals surface area contributed by atoms with E-state index < -0.39 is 8.32 Å². The molecule has 0 heterocycles. The molecule has 1 aliphatic rings. The molecule has 2 atom stereocenters. The van der Waals surface area contributed by atoms with Crippen LogP contribution in [0.3, 0.4) is 0 Å². The lowest BCUT2D eigenvalue weighted by molar-refractivity contribution is 0.0526. The van der Waals surface area contributed by atoms with Crippen LogP contribution >= 0.6 is 0 Å². The second-order valence-electron chi connectivity index (χ2n) is 7.15. The Hall–Kier alpha value is -0.123. The van der Waals surface area contributed by atoms with Crippen LogP contribution in [-0.2, 0) is 4.43 Å². The second-order valence-corrected chi connectivity index (χ2v) is 11.6. The van der Waals surface area contributed by atoms with Crippen LogP contribution in [0, 0.1) is 11.3 Å². The molecule has 1 fully saturated rings. The molecule has 3 heteroatoms. The Balaban J connectivity index is 2.85. The molecule has 0 aliphatic heterocycles. The third-order valence-corrected chi connectivity index (χ3v) is 5.08. The van der Waals surface area contributed by atoms with Crippen molar-refractivity contribution in [2.75, 3.05) is 6.61 Å². The summed E-state index contributed by atoms with van der Waals surface area (Å²) in [5.41, 5.74) is 0.905. The van der Waals surface area contributed by atoms with Gasteiger partial charge in [0, 0.05) is 11.3 Å². The number of rotatable bonds is 4. The first-order chi connectivity index (χ1) is 7.52. The molecule has 0 saturated heterocycles. The summed E-state index contributed by atoms with van der Waals surface area (Å²) in [4.78, 5) is 0. The summed E-state index contributed by atoms with van der Waals surface area (Å²) in [5.74, 6) is 0.367. The topological polar surface area (TPSA) is 29.5 Å². The van der Waals surface area contributed by atoms with Gasteiger partial charge < -0.3 is 9.53 Å². The van der Waals surface area contributed by atoms with Crippen LogP contribution in [-0.4, -0.2) is 25.6 Å². The fourth-order valence-corrected chi connectivity index (χ4v) is 4.75. The number of hydrogen-bond donors (Lipinski definition) is 1. The van der Waals surface area contributed by atoms with Gasteiger partial charge in [-0.2, -0.15) is 0 Å². The average molecular weight is 256 g/mol. The molecule has 0 spiro atoms. The standard InChI is InChI=1S/C14H28O2Si/c1-11-12(8-9-14(11,4)10-15)13(2,3)16-17(5,6)7/h12,15H,1,8-10H2,2-7H3/t12-,14+/m1/s1. The van der Waals surface area contributed by atoms with E-state index in [1.54, 1.807) is 0 Å². The Morgan fingerprint density at radius 3 is 2.35 bits per heavy atom. The predicted octanol–water partition coefficient (Wildman–Crippen LogP) is 3.58.